The van der Waals surface area contributed by atoms with E-state index < -0.39 is 17.6 Å². The summed E-state index contributed by atoms with van der Waals surface area (Å²) in [4.78, 5) is 20.1. The molecule has 140 valence electrons. The van der Waals surface area contributed by atoms with Crippen molar-refractivity contribution in [1.82, 2.24) is 9.97 Å². The Hall–Kier alpha value is -3.93. The molecule has 0 aliphatic carbocycles. The SMILES string of the molecule is N#Cc1cccc(NC(=O)c2cnc(Nc3cccc(C(F)(F)F)c3)nc2)c1. The first-order chi connectivity index (χ1) is 13.3. The van der Waals surface area contributed by atoms with Crippen LogP contribution in [0.5, 0.6) is 0 Å². The molecule has 0 saturated heterocycles. The number of amides is 1. The Balaban J connectivity index is 1.69. The number of benzene rings is 2. The van der Waals surface area contributed by atoms with Crippen molar-refractivity contribution in [2.24, 2.45) is 0 Å². The van der Waals surface area contributed by atoms with Crippen LogP contribution >= 0.6 is 0 Å². The fraction of sp³-hybridized carbons (Fsp3) is 0.0526. The van der Waals surface area contributed by atoms with Crippen LogP contribution in [0.15, 0.2) is 60.9 Å². The molecule has 0 radical (unpaired) electrons. The van der Waals surface area contributed by atoms with Gasteiger partial charge in [0.2, 0.25) is 5.95 Å². The number of aromatic nitrogens is 2. The number of rotatable bonds is 4. The second kappa shape index (κ2) is 7.75. The molecule has 0 aliphatic heterocycles. The molecule has 0 fully saturated rings. The largest absolute Gasteiger partial charge is 0.416 e. The van der Waals surface area contributed by atoms with Gasteiger partial charge < -0.3 is 10.6 Å². The van der Waals surface area contributed by atoms with E-state index in [0.29, 0.717) is 11.3 Å². The summed E-state index contributed by atoms with van der Waals surface area (Å²) >= 11 is 0. The van der Waals surface area contributed by atoms with Gasteiger partial charge >= 0.3 is 6.18 Å². The summed E-state index contributed by atoms with van der Waals surface area (Å²) in [6, 6.07) is 13.0. The quantitative estimate of drug-likeness (QED) is 0.698. The lowest BCUT2D eigenvalue weighted by Crippen LogP contribution is -2.13. The molecule has 9 heteroatoms. The van der Waals surface area contributed by atoms with Crippen LogP contribution in [0.1, 0.15) is 21.5 Å². The van der Waals surface area contributed by atoms with Gasteiger partial charge in [0.15, 0.2) is 0 Å². The van der Waals surface area contributed by atoms with Crippen LogP contribution in [-0.4, -0.2) is 15.9 Å². The monoisotopic (exact) mass is 383 g/mol. The minimum Gasteiger partial charge on any atom is -0.324 e. The van der Waals surface area contributed by atoms with E-state index in [2.05, 4.69) is 20.6 Å². The number of nitrogens with zero attached hydrogens (tertiary/aromatic N) is 3. The second-order valence-corrected chi connectivity index (χ2v) is 5.65. The van der Waals surface area contributed by atoms with E-state index >= 15 is 0 Å². The van der Waals surface area contributed by atoms with E-state index in [-0.39, 0.29) is 17.2 Å². The number of nitrogens with one attached hydrogen (secondary N) is 2. The summed E-state index contributed by atoms with van der Waals surface area (Å²) in [5.74, 6) is -0.442. The Morgan fingerprint density at radius 3 is 2.36 bits per heavy atom. The second-order valence-electron chi connectivity index (χ2n) is 5.65. The molecule has 1 aromatic heterocycles. The zero-order chi connectivity index (χ0) is 20.1. The summed E-state index contributed by atoms with van der Waals surface area (Å²) in [5.41, 5.74) is 0.357. The van der Waals surface area contributed by atoms with Crippen LogP contribution in [0.4, 0.5) is 30.5 Å². The number of hydrogen-bond donors (Lipinski definition) is 2. The Kier molecular flexibility index (Phi) is 5.22. The molecule has 1 heterocycles. The number of carbonyl (C=O) groups excluding carboxylic acids is 1. The molecule has 0 unspecified atom stereocenters. The van der Waals surface area contributed by atoms with Gasteiger partial charge in [-0.25, -0.2) is 9.97 Å². The number of hydrogen-bond acceptors (Lipinski definition) is 5. The molecular weight excluding hydrogens is 371 g/mol. The van der Waals surface area contributed by atoms with Crippen molar-refractivity contribution >= 4 is 23.2 Å². The van der Waals surface area contributed by atoms with Crippen molar-refractivity contribution in [1.29, 1.82) is 5.26 Å². The highest BCUT2D eigenvalue weighted by Crippen LogP contribution is 2.31. The molecular formula is C19H12F3N5O. The van der Waals surface area contributed by atoms with Gasteiger partial charge in [0.1, 0.15) is 0 Å². The van der Waals surface area contributed by atoms with Gasteiger partial charge in [0.25, 0.3) is 5.91 Å². The van der Waals surface area contributed by atoms with E-state index in [1.54, 1.807) is 18.2 Å². The molecule has 0 aliphatic rings. The van der Waals surface area contributed by atoms with Gasteiger partial charge in [-0.15, -0.1) is 0 Å². The van der Waals surface area contributed by atoms with E-state index in [4.69, 9.17) is 5.26 Å². The van der Waals surface area contributed by atoms with Gasteiger partial charge in [0, 0.05) is 23.8 Å². The smallest absolute Gasteiger partial charge is 0.324 e. The molecule has 0 spiro atoms. The van der Waals surface area contributed by atoms with Gasteiger partial charge in [-0.2, -0.15) is 18.4 Å². The molecule has 1 amide bonds. The number of alkyl halides is 3. The summed E-state index contributed by atoms with van der Waals surface area (Å²) in [6.45, 7) is 0. The minimum atomic E-state index is -4.46. The van der Waals surface area contributed by atoms with E-state index in [9.17, 15) is 18.0 Å². The standard InChI is InChI=1S/C19H12F3N5O/c20-19(21,22)14-4-2-6-16(8-14)27-18-24-10-13(11-25-18)17(28)26-15-5-1-3-12(7-15)9-23/h1-8,10-11H,(H,26,28)(H,24,25,27). The van der Waals surface area contributed by atoms with Crippen molar-refractivity contribution in [3.8, 4) is 6.07 Å². The first-order valence-corrected chi connectivity index (χ1v) is 7.93. The fourth-order valence-electron chi connectivity index (χ4n) is 2.28. The van der Waals surface area contributed by atoms with Crippen molar-refractivity contribution < 1.29 is 18.0 Å². The van der Waals surface area contributed by atoms with Gasteiger partial charge in [-0.3, -0.25) is 4.79 Å². The van der Waals surface area contributed by atoms with Crippen molar-refractivity contribution in [3.63, 3.8) is 0 Å². The van der Waals surface area contributed by atoms with Crippen molar-refractivity contribution in [2.75, 3.05) is 10.6 Å². The molecule has 3 aromatic rings. The molecule has 3 rings (SSSR count). The molecule has 2 aromatic carbocycles. The van der Waals surface area contributed by atoms with Crippen LogP contribution in [0.2, 0.25) is 0 Å². The summed E-state index contributed by atoms with van der Waals surface area (Å²) < 4.78 is 38.3. The predicted molar refractivity (Wildman–Crippen MR) is 95.9 cm³/mol. The maximum absolute atomic E-state index is 12.8. The van der Waals surface area contributed by atoms with E-state index in [1.807, 2.05) is 6.07 Å². The van der Waals surface area contributed by atoms with Crippen LogP contribution in [-0.2, 0) is 6.18 Å². The molecule has 6 nitrogen and oxygen atoms in total. The topological polar surface area (TPSA) is 90.7 Å². The molecule has 28 heavy (non-hydrogen) atoms. The van der Waals surface area contributed by atoms with Crippen LogP contribution < -0.4 is 10.6 Å². The van der Waals surface area contributed by atoms with Crippen LogP contribution in [0.3, 0.4) is 0 Å². The lowest BCUT2D eigenvalue weighted by atomic mass is 10.2. The zero-order valence-electron chi connectivity index (χ0n) is 14.2. The number of nitriles is 1. The van der Waals surface area contributed by atoms with Crippen LogP contribution in [0.25, 0.3) is 0 Å². The van der Waals surface area contributed by atoms with Crippen LogP contribution in [0, 0.1) is 11.3 Å². The summed E-state index contributed by atoms with van der Waals surface area (Å²) in [5, 5.41) is 14.1. The Morgan fingerprint density at radius 1 is 1.00 bits per heavy atom. The maximum Gasteiger partial charge on any atom is 0.416 e. The highest BCUT2D eigenvalue weighted by Gasteiger charge is 2.30. The third-order valence-electron chi connectivity index (χ3n) is 3.61. The highest BCUT2D eigenvalue weighted by molar-refractivity contribution is 6.04. The first-order valence-electron chi connectivity index (χ1n) is 7.93. The van der Waals surface area contributed by atoms with E-state index in [1.165, 1.54) is 30.6 Å². The maximum atomic E-state index is 12.8. The van der Waals surface area contributed by atoms with Gasteiger partial charge in [-0.05, 0) is 36.4 Å². The molecule has 0 atom stereocenters. The van der Waals surface area contributed by atoms with Gasteiger partial charge in [0.05, 0.1) is 22.8 Å². The Labute approximate surface area is 157 Å². The molecule has 2 N–H and O–H groups in total. The van der Waals surface area contributed by atoms with E-state index in [0.717, 1.165) is 12.1 Å². The third-order valence-corrected chi connectivity index (χ3v) is 3.61. The average molecular weight is 383 g/mol. The zero-order valence-corrected chi connectivity index (χ0v) is 14.2. The lowest BCUT2D eigenvalue weighted by Gasteiger charge is -2.10. The van der Waals surface area contributed by atoms with Crippen molar-refractivity contribution in [2.45, 2.75) is 6.18 Å². The lowest BCUT2D eigenvalue weighted by molar-refractivity contribution is -0.137. The predicted octanol–water partition coefficient (Wildman–Crippen LogP) is 4.36. The molecule has 0 bridgehead atoms. The average Bonchev–Trinajstić information content (AvgIpc) is 2.68. The fourth-order valence-corrected chi connectivity index (χ4v) is 2.28. The van der Waals surface area contributed by atoms with Crippen molar-refractivity contribution in [3.05, 3.63) is 77.6 Å². The number of anilines is 3. The third kappa shape index (κ3) is 4.62. The minimum absolute atomic E-state index is 0.0438. The first kappa shape index (κ1) is 18.8. The van der Waals surface area contributed by atoms with Gasteiger partial charge in [-0.1, -0.05) is 12.1 Å². The summed E-state index contributed by atoms with van der Waals surface area (Å²) in [7, 11) is 0. The normalized spacial score (nSPS) is 10.8. The molecule has 0 saturated carbocycles. The Bertz CT molecular complexity index is 1040. The summed E-state index contributed by atoms with van der Waals surface area (Å²) in [6.07, 6.45) is -1.97. The number of halogens is 3. The Morgan fingerprint density at radius 2 is 1.68 bits per heavy atom. The number of carbonyl (C=O) groups is 1. The highest BCUT2D eigenvalue weighted by atomic mass is 19.4.